The van der Waals surface area contributed by atoms with Gasteiger partial charge in [0.15, 0.2) is 0 Å². The van der Waals surface area contributed by atoms with Gasteiger partial charge in [0.1, 0.15) is 6.04 Å². The van der Waals surface area contributed by atoms with Gasteiger partial charge in [-0.15, -0.1) is 0 Å². The molecule has 14 heavy (non-hydrogen) atoms. The third-order valence-electron chi connectivity index (χ3n) is 2.23. The van der Waals surface area contributed by atoms with Crippen molar-refractivity contribution in [3.8, 4) is 0 Å². The van der Waals surface area contributed by atoms with Crippen LogP contribution in [0, 0.1) is 0 Å². The minimum atomic E-state index is -0.459. The van der Waals surface area contributed by atoms with E-state index in [1.54, 1.807) is 6.92 Å². The molecule has 0 saturated carbocycles. The molecule has 1 aliphatic heterocycles. The highest BCUT2D eigenvalue weighted by Crippen LogP contribution is 2.19. The molecule has 1 atom stereocenters. The van der Waals surface area contributed by atoms with Crippen LogP contribution in [0.15, 0.2) is 0 Å². The highest BCUT2D eigenvalue weighted by Gasteiger charge is 2.35. The fraction of sp³-hybridized carbons (Fsp3) is 0.778. The van der Waals surface area contributed by atoms with E-state index in [1.807, 2.05) is 0 Å². The predicted molar refractivity (Wildman–Crippen MR) is 48.8 cm³/mol. The summed E-state index contributed by atoms with van der Waals surface area (Å²) in [5, 5.41) is 0. The SMILES string of the molecule is CCOC(=O)N1CCC[C@H]1C(=O)OC. The molecular weight excluding hydrogens is 186 g/mol. The molecule has 0 N–H and O–H groups in total. The van der Waals surface area contributed by atoms with Gasteiger partial charge >= 0.3 is 12.1 Å². The molecule has 0 aromatic heterocycles. The van der Waals surface area contributed by atoms with E-state index in [-0.39, 0.29) is 5.97 Å². The molecule has 5 nitrogen and oxygen atoms in total. The number of rotatable bonds is 2. The quantitative estimate of drug-likeness (QED) is 0.619. The molecule has 1 fully saturated rings. The van der Waals surface area contributed by atoms with Crippen molar-refractivity contribution in [3.05, 3.63) is 0 Å². The summed E-state index contributed by atoms with van der Waals surface area (Å²) in [6.45, 7) is 2.63. The Balaban J connectivity index is 2.59. The van der Waals surface area contributed by atoms with E-state index in [1.165, 1.54) is 12.0 Å². The van der Waals surface area contributed by atoms with Crippen molar-refractivity contribution >= 4 is 12.1 Å². The van der Waals surface area contributed by atoms with E-state index in [0.29, 0.717) is 19.6 Å². The first kappa shape index (κ1) is 10.8. The first-order valence-corrected chi connectivity index (χ1v) is 4.72. The van der Waals surface area contributed by atoms with Crippen LogP contribution in [0.1, 0.15) is 19.8 Å². The van der Waals surface area contributed by atoms with Crippen LogP contribution in [0.2, 0.25) is 0 Å². The average Bonchev–Trinajstić information content (AvgIpc) is 2.65. The summed E-state index contributed by atoms with van der Waals surface area (Å²) in [5.41, 5.74) is 0. The van der Waals surface area contributed by atoms with Gasteiger partial charge in [-0.3, -0.25) is 4.90 Å². The van der Waals surface area contributed by atoms with Crippen LogP contribution in [0.25, 0.3) is 0 Å². The fourth-order valence-electron chi connectivity index (χ4n) is 1.57. The Labute approximate surface area is 83.0 Å². The summed E-state index contributed by atoms with van der Waals surface area (Å²) < 4.78 is 9.43. The van der Waals surface area contributed by atoms with Crippen molar-refractivity contribution in [2.24, 2.45) is 0 Å². The summed E-state index contributed by atoms with van der Waals surface area (Å²) >= 11 is 0. The fourth-order valence-corrected chi connectivity index (χ4v) is 1.57. The smallest absolute Gasteiger partial charge is 0.410 e. The van der Waals surface area contributed by atoms with Crippen molar-refractivity contribution in [2.45, 2.75) is 25.8 Å². The topological polar surface area (TPSA) is 55.8 Å². The maximum atomic E-state index is 11.4. The summed E-state index contributed by atoms with van der Waals surface area (Å²) in [4.78, 5) is 24.1. The lowest BCUT2D eigenvalue weighted by Crippen LogP contribution is -2.41. The van der Waals surface area contributed by atoms with Crippen LogP contribution < -0.4 is 0 Å². The van der Waals surface area contributed by atoms with Gasteiger partial charge in [0.05, 0.1) is 13.7 Å². The summed E-state index contributed by atoms with van der Waals surface area (Å²) in [6.07, 6.45) is 1.05. The molecule has 80 valence electrons. The van der Waals surface area contributed by atoms with Gasteiger partial charge in [0, 0.05) is 6.54 Å². The second-order valence-electron chi connectivity index (χ2n) is 3.07. The van der Waals surface area contributed by atoms with Gasteiger partial charge in [0.25, 0.3) is 0 Å². The highest BCUT2D eigenvalue weighted by molar-refractivity contribution is 5.81. The van der Waals surface area contributed by atoms with E-state index in [2.05, 4.69) is 4.74 Å². The summed E-state index contributed by atoms with van der Waals surface area (Å²) in [7, 11) is 1.32. The number of hydrogen-bond acceptors (Lipinski definition) is 4. The lowest BCUT2D eigenvalue weighted by Gasteiger charge is -2.21. The second kappa shape index (κ2) is 4.83. The zero-order chi connectivity index (χ0) is 10.6. The minimum absolute atomic E-state index is 0.323. The molecule has 0 aromatic rings. The first-order chi connectivity index (χ1) is 6.70. The number of ether oxygens (including phenoxy) is 2. The lowest BCUT2D eigenvalue weighted by molar-refractivity contribution is -0.145. The van der Waals surface area contributed by atoms with Gasteiger partial charge in [-0.05, 0) is 19.8 Å². The van der Waals surface area contributed by atoms with Gasteiger partial charge < -0.3 is 9.47 Å². The number of esters is 1. The van der Waals surface area contributed by atoms with Crippen LogP contribution in [0.5, 0.6) is 0 Å². The largest absolute Gasteiger partial charge is 0.467 e. The Morgan fingerprint density at radius 2 is 2.21 bits per heavy atom. The van der Waals surface area contributed by atoms with Crippen molar-refractivity contribution in [1.29, 1.82) is 0 Å². The molecular formula is C9H15NO4. The number of amides is 1. The number of likely N-dealkylation sites (tertiary alicyclic amines) is 1. The summed E-state index contributed by atoms with van der Waals surface area (Å²) in [6, 6.07) is -0.459. The van der Waals surface area contributed by atoms with Crippen molar-refractivity contribution < 1.29 is 19.1 Å². The Hall–Kier alpha value is -1.26. The van der Waals surface area contributed by atoms with Gasteiger partial charge in [0.2, 0.25) is 0 Å². The maximum absolute atomic E-state index is 11.4. The van der Waals surface area contributed by atoms with E-state index >= 15 is 0 Å². The monoisotopic (exact) mass is 201 g/mol. The molecule has 0 bridgehead atoms. The molecule has 0 unspecified atom stereocenters. The second-order valence-corrected chi connectivity index (χ2v) is 3.07. The predicted octanol–water partition coefficient (Wildman–Crippen LogP) is 0.780. The third kappa shape index (κ3) is 2.16. The summed E-state index contributed by atoms with van der Waals surface area (Å²) in [5.74, 6) is -0.365. The number of hydrogen-bond donors (Lipinski definition) is 0. The van der Waals surface area contributed by atoms with Gasteiger partial charge in [-0.1, -0.05) is 0 Å². The van der Waals surface area contributed by atoms with E-state index in [0.717, 1.165) is 6.42 Å². The number of nitrogens with zero attached hydrogens (tertiary/aromatic N) is 1. The van der Waals surface area contributed by atoms with Gasteiger partial charge in [-0.2, -0.15) is 0 Å². The van der Waals surface area contributed by atoms with Crippen molar-refractivity contribution in [1.82, 2.24) is 4.90 Å². The molecule has 5 heteroatoms. The molecule has 1 saturated heterocycles. The zero-order valence-electron chi connectivity index (χ0n) is 8.49. The molecule has 1 heterocycles. The number of carbonyl (C=O) groups is 2. The average molecular weight is 201 g/mol. The van der Waals surface area contributed by atoms with E-state index in [9.17, 15) is 9.59 Å². The van der Waals surface area contributed by atoms with Crippen LogP contribution >= 0.6 is 0 Å². The van der Waals surface area contributed by atoms with E-state index < -0.39 is 12.1 Å². The molecule has 1 rings (SSSR count). The molecule has 0 aromatic carbocycles. The molecule has 1 aliphatic rings. The molecule has 0 spiro atoms. The first-order valence-electron chi connectivity index (χ1n) is 4.72. The highest BCUT2D eigenvalue weighted by atomic mass is 16.6. The van der Waals surface area contributed by atoms with Gasteiger partial charge in [-0.25, -0.2) is 9.59 Å². The Morgan fingerprint density at radius 3 is 2.79 bits per heavy atom. The number of methoxy groups -OCH3 is 1. The van der Waals surface area contributed by atoms with Crippen molar-refractivity contribution in [2.75, 3.05) is 20.3 Å². The van der Waals surface area contributed by atoms with Crippen LogP contribution in [0.4, 0.5) is 4.79 Å². The molecule has 1 amide bonds. The molecule has 0 radical (unpaired) electrons. The van der Waals surface area contributed by atoms with Crippen LogP contribution in [-0.2, 0) is 14.3 Å². The van der Waals surface area contributed by atoms with Crippen LogP contribution in [0.3, 0.4) is 0 Å². The maximum Gasteiger partial charge on any atom is 0.410 e. The van der Waals surface area contributed by atoms with Crippen LogP contribution in [-0.4, -0.2) is 43.3 Å². The minimum Gasteiger partial charge on any atom is -0.467 e. The molecule has 0 aliphatic carbocycles. The standard InChI is InChI=1S/C9H15NO4/c1-3-14-9(12)10-6-4-5-7(10)8(11)13-2/h7H,3-6H2,1-2H3/t7-/m0/s1. The van der Waals surface area contributed by atoms with Crippen molar-refractivity contribution in [3.63, 3.8) is 0 Å². The Bertz CT molecular complexity index is 229. The Morgan fingerprint density at radius 1 is 1.50 bits per heavy atom. The zero-order valence-corrected chi connectivity index (χ0v) is 8.49. The lowest BCUT2D eigenvalue weighted by atomic mass is 10.2. The Kier molecular flexibility index (Phi) is 3.73. The number of carbonyl (C=O) groups excluding carboxylic acids is 2. The third-order valence-corrected chi connectivity index (χ3v) is 2.23. The normalized spacial score (nSPS) is 20.7. The van der Waals surface area contributed by atoms with E-state index in [4.69, 9.17) is 4.74 Å².